The van der Waals surface area contributed by atoms with Gasteiger partial charge in [-0.1, -0.05) is 12.1 Å². The first-order valence-electron chi connectivity index (χ1n) is 6.96. The van der Waals surface area contributed by atoms with E-state index in [9.17, 15) is 0 Å². The first kappa shape index (κ1) is 13.3. The normalized spacial score (nSPS) is 20.4. The summed E-state index contributed by atoms with van der Waals surface area (Å²) in [6, 6.07) is 4.06. The summed E-state index contributed by atoms with van der Waals surface area (Å²) < 4.78 is 16.6. The number of furan rings is 1. The largest absolute Gasteiger partial charge is 0.465 e. The molecule has 0 aliphatic carbocycles. The third-order valence-electron chi connectivity index (χ3n) is 3.49. The van der Waals surface area contributed by atoms with E-state index in [1.807, 2.05) is 19.1 Å². The van der Waals surface area contributed by atoms with Crippen LogP contribution >= 0.6 is 0 Å². The van der Waals surface area contributed by atoms with Crippen LogP contribution in [0, 0.1) is 6.92 Å². The fourth-order valence-corrected chi connectivity index (χ4v) is 2.40. The third-order valence-corrected chi connectivity index (χ3v) is 3.49. The SMILES string of the molecule is CCc1ccc(CN2CCOCC2c2nc(C)no2)o1. The zero-order valence-corrected chi connectivity index (χ0v) is 11.8. The predicted octanol–water partition coefficient (Wildman–Crippen LogP) is 2.11. The van der Waals surface area contributed by atoms with Crippen LogP contribution in [0.3, 0.4) is 0 Å². The van der Waals surface area contributed by atoms with Crippen LogP contribution in [0.4, 0.5) is 0 Å². The summed E-state index contributed by atoms with van der Waals surface area (Å²) in [5, 5.41) is 3.86. The van der Waals surface area contributed by atoms with Gasteiger partial charge in [-0.05, 0) is 19.1 Å². The van der Waals surface area contributed by atoms with Gasteiger partial charge in [0.1, 0.15) is 17.6 Å². The number of aryl methyl sites for hydroxylation is 2. The molecular formula is C14H19N3O3. The van der Waals surface area contributed by atoms with E-state index in [4.69, 9.17) is 13.7 Å². The summed E-state index contributed by atoms with van der Waals surface area (Å²) in [6.45, 7) is 6.75. The van der Waals surface area contributed by atoms with Gasteiger partial charge >= 0.3 is 0 Å². The van der Waals surface area contributed by atoms with Crippen LogP contribution in [0.15, 0.2) is 21.1 Å². The van der Waals surface area contributed by atoms with Gasteiger partial charge in [0.2, 0.25) is 5.89 Å². The Kier molecular flexibility index (Phi) is 3.84. The van der Waals surface area contributed by atoms with E-state index in [2.05, 4.69) is 22.0 Å². The molecule has 0 aromatic carbocycles. The molecule has 108 valence electrons. The van der Waals surface area contributed by atoms with Crippen LogP contribution in [0.25, 0.3) is 0 Å². The van der Waals surface area contributed by atoms with E-state index < -0.39 is 0 Å². The van der Waals surface area contributed by atoms with E-state index in [1.54, 1.807) is 0 Å². The highest BCUT2D eigenvalue weighted by Crippen LogP contribution is 2.25. The molecule has 1 aliphatic rings. The van der Waals surface area contributed by atoms with Gasteiger partial charge in [0.05, 0.1) is 19.8 Å². The molecule has 2 aromatic rings. The Morgan fingerprint density at radius 3 is 2.90 bits per heavy atom. The Labute approximate surface area is 117 Å². The molecule has 0 N–H and O–H groups in total. The molecule has 6 heteroatoms. The summed E-state index contributed by atoms with van der Waals surface area (Å²) in [5.41, 5.74) is 0. The fourth-order valence-electron chi connectivity index (χ4n) is 2.40. The molecule has 20 heavy (non-hydrogen) atoms. The van der Waals surface area contributed by atoms with Crippen molar-refractivity contribution in [2.75, 3.05) is 19.8 Å². The van der Waals surface area contributed by atoms with Gasteiger partial charge in [-0.15, -0.1) is 0 Å². The van der Waals surface area contributed by atoms with Gasteiger partial charge in [-0.25, -0.2) is 0 Å². The van der Waals surface area contributed by atoms with Gasteiger partial charge in [0, 0.05) is 13.0 Å². The van der Waals surface area contributed by atoms with Crippen LogP contribution in [0.5, 0.6) is 0 Å². The second-order valence-corrected chi connectivity index (χ2v) is 4.96. The van der Waals surface area contributed by atoms with Crippen molar-refractivity contribution in [3.63, 3.8) is 0 Å². The van der Waals surface area contributed by atoms with Crippen molar-refractivity contribution >= 4 is 0 Å². The van der Waals surface area contributed by atoms with Crippen molar-refractivity contribution in [2.24, 2.45) is 0 Å². The first-order chi connectivity index (χ1) is 9.76. The molecule has 1 unspecified atom stereocenters. The lowest BCUT2D eigenvalue weighted by Gasteiger charge is -2.32. The van der Waals surface area contributed by atoms with E-state index >= 15 is 0 Å². The van der Waals surface area contributed by atoms with E-state index in [-0.39, 0.29) is 6.04 Å². The minimum Gasteiger partial charge on any atom is -0.465 e. The third kappa shape index (κ3) is 2.76. The van der Waals surface area contributed by atoms with Crippen molar-refractivity contribution in [1.29, 1.82) is 0 Å². The highest BCUT2D eigenvalue weighted by atomic mass is 16.5. The Hall–Kier alpha value is -1.66. The molecule has 0 bridgehead atoms. The fraction of sp³-hybridized carbons (Fsp3) is 0.571. The molecule has 1 aliphatic heterocycles. The van der Waals surface area contributed by atoms with Crippen molar-refractivity contribution in [3.8, 4) is 0 Å². The Morgan fingerprint density at radius 2 is 2.20 bits per heavy atom. The Balaban J connectivity index is 1.75. The summed E-state index contributed by atoms with van der Waals surface area (Å²) >= 11 is 0. The molecule has 0 spiro atoms. The zero-order chi connectivity index (χ0) is 13.9. The molecule has 3 heterocycles. The average molecular weight is 277 g/mol. The number of ether oxygens (including phenoxy) is 1. The zero-order valence-electron chi connectivity index (χ0n) is 11.8. The standard InChI is InChI=1S/C14H19N3O3/c1-3-11-4-5-12(19-11)8-17-6-7-18-9-13(17)14-15-10(2)16-20-14/h4-5,13H,3,6-9H2,1-2H3. The molecule has 2 aromatic heterocycles. The molecule has 0 saturated carbocycles. The van der Waals surface area contributed by atoms with Crippen molar-refractivity contribution < 1.29 is 13.7 Å². The molecule has 6 nitrogen and oxygen atoms in total. The van der Waals surface area contributed by atoms with Crippen LogP contribution in [-0.4, -0.2) is 34.8 Å². The maximum atomic E-state index is 5.78. The van der Waals surface area contributed by atoms with Crippen LogP contribution < -0.4 is 0 Å². The Morgan fingerprint density at radius 1 is 1.35 bits per heavy atom. The second-order valence-electron chi connectivity index (χ2n) is 4.96. The molecule has 1 saturated heterocycles. The van der Waals surface area contributed by atoms with E-state index in [1.165, 1.54) is 0 Å². The minimum absolute atomic E-state index is 0.000117. The average Bonchev–Trinajstić information content (AvgIpc) is 3.08. The van der Waals surface area contributed by atoms with Crippen LogP contribution in [0.2, 0.25) is 0 Å². The van der Waals surface area contributed by atoms with E-state index in [0.29, 0.717) is 24.9 Å². The number of aromatic nitrogens is 2. The summed E-state index contributed by atoms with van der Waals surface area (Å²) in [4.78, 5) is 6.58. The maximum absolute atomic E-state index is 5.78. The van der Waals surface area contributed by atoms with Gasteiger partial charge in [0.25, 0.3) is 0 Å². The molecule has 1 atom stereocenters. The number of nitrogens with zero attached hydrogens (tertiary/aromatic N) is 3. The molecule has 3 rings (SSSR count). The predicted molar refractivity (Wildman–Crippen MR) is 71.1 cm³/mol. The molecule has 0 radical (unpaired) electrons. The number of hydrogen-bond acceptors (Lipinski definition) is 6. The first-order valence-corrected chi connectivity index (χ1v) is 6.96. The van der Waals surface area contributed by atoms with Gasteiger partial charge in [-0.2, -0.15) is 4.98 Å². The maximum Gasteiger partial charge on any atom is 0.246 e. The molecule has 1 fully saturated rings. The van der Waals surface area contributed by atoms with E-state index in [0.717, 1.165) is 31.0 Å². The lowest BCUT2D eigenvalue weighted by molar-refractivity contribution is -0.0267. The van der Waals surface area contributed by atoms with Crippen molar-refractivity contribution in [3.05, 3.63) is 35.4 Å². The molecule has 0 amide bonds. The van der Waals surface area contributed by atoms with Gasteiger partial charge < -0.3 is 13.7 Å². The number of morpholine rings is 1. The van der Waals surface area contributed by atoms with Crippen molar-refractivity contribution in [1.82, 2.24) is 15.0 Å². The highest BCUT2D eigenvalue weighted by molar-refractivity contribution is 5.08. The van der Waals surface area contributed by atoms with Crippen LogP contribution in [0.1, 0.15) is 36.2 Å². The molecular weight excluding hydrogens is 258 g/mol. The summed E-state index contributed by atoms with van der Waals surface area (Å²) in [7, 11) is 0. The Bertz CT molecular complexity index is 564. The smallest absolute Gasteiger partial charge is 0.246 e. The topological polar surface area (TPSA) is 64.5 Å². The lowest BCUT2D eigenvalue weighted by atomic mass is 10.2. The quantitative estimate of drug-likeness (QED) is 0.852. The lowest BCUT2D eigenvalue weighted by Crippen LogP contribution is -2.39. The van der Waals surface area contributed by atoms with Crippen molar-refractivity contribution in [2.45, 2.75) is 32.9 Å². The van der Waals surface area contributed by atoms with Gasteiger partial charge in [0.15, 0.2) is 5.82 Å². The van der Waals surface area contributed by atoms with Gasteiger partial charge in [-0.3, -0.25) is 4.90 Å². The number of hydrogen-bond donors (Lipinski definition) is 0. The highest BCUT2D eigenvalue weighted by Gasteiger charge is 2.29. The van der Waals surface area contributed by atoms with Crippen LogP contribution in [-0.2, 0) is 17.7 Å². The number of rotatable bonds is 4. The minimum atomic E-state index is 0.000117. The monoisotopic (exact) mass is 277 g/mol. The second kappa shape index (κ2) is 5.76. The summed E-state index contributed by atoms with van der Waals surface area (Å²) in [5.74, 6) is 3.24. The summed E-state index contributed by atoms with van der Waals surface area (Å²) in [6.07, 6.45) is 0.912.